The van der Waals surface area contributed by atoms with Crippen LogP contribution in [0.25, 0.3) is 0 Å². The van der Waals surface area contributed by atoms with Crippen LogP contribution in [0.2, 0.25) is 0 Å². The maximum Gasteiger partial charge on any atom is 0.150 e. The van der Waals surface area contributed by atoms with Crippen LogP contribution in [-0.2, 0) is 9.84 Å². The van der Waals surface area contributed by atoms with Crippen molar-refractivity contribution in [3.8, 4) is 0 Å². The summed E-state index contributed by atoms with van der Waals surface area (Å²) >= 11 is 3.35. The van der Waals surface area contributed by atoms with E-state index in [0.29, 0.717) is 12.8 Å². The third-order valence-electron chi connectivity index (χ3n) is 2.85. The molecule has 3 nitrogen and oxygen atoms in total. The summed E-state index contributed by atoms with van der Waals surface area (Å²) in [5.74, 6) is 0.262. The average Bonchev–Trinajstić information content (AvgIpc) is 2.32. The Bertz CT molecular complexity index is 454. The minimum Gasteiger partial charge on any atom is -0.396 e. The normalized spacial score (nSPS) is 13.5. The highest BCUT2D eigenvalue weighted by Crippen LogP contribution is 2.22. The SMILES string of the molecule is CCCS(=O)(=O)CCC(CO)c1ccc(Br)cc1. The van der Waals surface area contributed by atoms with Gasteiger partial charge in [-0.1, -0.05) is 35.0 Å². The molecule has 0 fully saturated rings. The molecule has 18 heavy (non-hydrogen) atoms. The van der Waals surface area contributed by atoms with Crippen LogP contribution in [0.15, 0.2) is 28.7 Å². The molecule has 0 heterocycles. The van der Waals surface area contributed by atoms with Crippen LogP contribution >= 0.6 is 15.9 Å². The van der Waals surface area contributed by atoms with Gasteiger partial charge >= 0.3 is 0 Å². The van der Waals surface area contributed by atoms with Crippen molar-refractivity contribution >= 4 is 25.8 Å². The molecule has 0 aliphatic heterocycles. The van der Waals surface area contributed by atoms with Gasteiger partial charge in [-0.3, -0.25) is 0 Å². The van der Waals surface area contributed by atoms with Gasteiger partial charge in [-0.2, -0.15) is 0 Å². The zero-order chi connectivity index (χ0) is 13.6. The third-order valence-corrected chi connectivity index (χ3v) is 5.27. The van der Waals surface area contributed by atoms with E-state index in [4.69, 9.17) is 0 Å². The van der Waals surface area contributed by atoms with Gasteiger partial charge in [-0.15, -0.1) is 0 Å². The number of benzene rings is 1. The van der Waals surface area contributed by atoms with E-state index < -0.39 is 9.84 Å². The molecule has 0 radical (unpaired) electrons. The van der Waals surface area contributed by atoms with Crippen LogP contribution in [0.1, 0.15) is 31.2 Å². The van der Waals surface area contributed by atoms with Crippen molar-refractivity contribution in [1.82, 2.24) is 0 Å². The first-order valence-corrected chi connectivity index (χ1v) is 8.66. The van der Waals surface area contributed by atoms with Crippen molar-refractivity contribution < 1.29 is 13.5 Å². The largest absolute Gasteiger partial charge is 0.396 e. The molecule has 0 aromatic heterocycles. The number of rotatable bonds is 7. The van der Waals surface area contributed by atoms with Crippen molar-refractivity contribution in [3.05, 3.63) is 34.3 Å². The van der Waals surface area contributed by atoms with E-state index >= 15 is 0 Å². The molecule has 0 spiro atoms. The third kappa shape index (κ3) is 5.08. The number of hydrogen-bond donors (Lipinski definition) is 1. The van der Waals surface area contributed by atoms with Gasteiger partial charge < -0.3 is 5.11 Å². The van der Waals surface area contributed by atoms with Gasteiger partial charge in [0.25, 0.3) is 0 Å². The Hall–Kier alpha value is -0.390. The van der Waals surface area contributed by atoms with E-state index in [-0.39, 0.29) is 24.0 Å². The quantitative estimate of drug-likeness (QED) is 0.834. The predicted molar refractivity (Wildman–Crippen MR) is 77.5 cm³/mol. The molecule has 0 saturated carbocycles. The molecule has 1 aromatic carbocycles. The Morgan fingerprint density at radius 1 is 1.22 bits per heavy atom. The maximum absolute atomic E-state index is 11.6. The maximum atomic E-state index is 11.6. The Labute approximate surface area is 117 Å². The van der Waals surface area contributed by atoms with Crippen molar-refractivity contribution in [2.75, 3.05) is 18.1 Å². The molecule has 0 bridgehead atoms. The van der Waals surface area contributed by atoms with Crippen molar-refractivity contribution in [3.63, 3.8) is 0 Å². The summed E-state index contributed by atoms with van der Waals surface area (Å²) in [7, 11) is -2.97. The summed E-state index contributed by atoms with van der Waals surface area (Å²) in [6.07, 6.45) is 1.12. The summed E-state index contributed by atoms with van der Waals surface area (Å²) in [6, 6.07) is 7.63. The molecular weight excluding hydrogens is 316 g/mol. The number of aliphatic hydroxyl groups excluding tert-OH is 1. The summed E-state index contributed by atoms with van der Waals surface area (Å²) < 4.78 is 24.3. The first kappa shape index (κ1) is 15.7. The number of sulfone groups is 1. The van der Waals surface area contributed by atoms with E-state index in [0.717, 1.165) is 10.0 Å². The molecule has 0 saturated heterocycles. The summed E-state index contributed by atoms with van der Waals surface area (Å²) in [4.78, 5) is 0. The van der Waals surface area contributed by atoms with Gasteiger partial charge in [0, 0.05) is 22.8 Å². The van der Waals surface area contributed by atoms with E-state index in [1.165, 1.54) is 0 Å². The molecular formula is C13H19BrO3S. The highest BCUT2D eigenvalue weighted by Gasteiger charge is 2.16. The minimum atomic E-state index is -2.97. The molecule has 0 aliphatic carbocycles. The van der Waals surface area contributed by atoms with Crippen LogP contribution < -0.4 is 0 Å². The van der Waals surface area contributed by atoms with Gasteiger partial charge in [0.15, 0.2) is 0 Å². The lowest BCUT2D eigenvalue weighted by Crippen LogP contribution is -2.15. The van der Waals surface area contributed by atoms with Crippen LogP contribution in [0.4, 0.5) is 0 Å². The van der Waals surface area contributed by atoms with Gasteiger partial charge in [-0.05, 0) is 30.5 Å². The lowest BCUT2D eigenvalue weighted by atomic mass is 9.98. The molecule has 1 atom stereocenters. The second kappa shape index (κ2) is 7.26. The van der Waals surface area contributed by atoms with Crippen molar-refractivity contribution in [2.24, 2.45) is 0 Å². The smallest absolute Gasteiger partial charge is 0.150 e. The topological polar surface area (TPSA) is 54.4 Å². The monoisotopic (exact) mass is 334 g/mol. The lowest BCUT2D eigenvalue weighted by Gasteiger charge is -2.14. The number of aliphatic hydroxyl groups is 1. The zero-order valence-corrected chi connectivity index (χ0v) is 12.9. The molecule has 1 unspecified atom stereocenters. The summed E-state index contributed by atoms with van der Waals surface area (Å²) in [5, 5.41) is 9.37. The van der Waals surface area contributed by atoms with Crippen LogP contribution in [0.3, 0.4) is 0 Å². The minimum absolute atomic E-state index is 0.0245. The number of hydrogen-bond acceptors (Lipinski definition) is 3. The van der Waals surface area contributed by atoms with Gasteiger partial charge in [-0.25, -0.2) is 8.42 Å². The molecule has 0 amide bonds. The fourth-order valence-electron chi connectivity index (χ4n) is 1.83. The highest BCUT2D eigenvalue weighted by molar-refractivity contribution is 9.10. The van der Waals surface area contributed by atoms with Crippen LogP contribution in [0, 0.1) is 0 Å². The molecule has 1 aromatic rings. The first-order chi connectivity index (χ1) is 8.48. The second-order valence-electron chi connectivity index (χ2n) is 4.37. The molecule has 0 aliphatic rings. The highest BCUT2D eigenvalue weighted by atomic mass is 79.9. The lowest BCUT2D eigenvalue weighted by molar-refractivity contribution is 0.262. The Morgan fingerprint density at radius 2 is 1.83 bits per heavy atom. The second-order valence-corrected chi connectivity index (χ2v) is 7.59. The van der Waals surface area contributed by atoms with Crippen LogP contribution in [0.5, 0.6) is 0 Å². The molecule has 102 valence electrons. The Balaban J connectivity index is 2.65. The summed E-state index contributed by atoms with van der Waals surface area (Å²) in [5.41, 5.74) is 0.979. The van der Waals surface area contributed by atoms with Crippen LogP contribution in [-0.4, -0.2) is 31.6 Å². The fourth-order valence-corrected chi connectivity index (χ4v) is 3.57. The Morgan fingerprint density at radius 3 is 2.33 bits per heavy atom. The number of halogens is 1. The average molecular weight is 335 g/mol. The van der Waals surface area contributed by atoms with Gasteiger partial charge in [0.2, 0.25) is 0 Å². The van der Waals surface area contributed by atoms with E-state index in [9.17, 15) is 13.5 Å². The van der Waals surface area contributed by atoms with Crippen molar-refractivity contribution in [1.29, 1.82) is 0 Å². The summed E-state index contributed by atoms with van der Waals surface area (Å²) in [6.45, 7) is 1.83. The van der Waals surface area contributed by atoms with Gasteiger partial charge in [0.1, 0.15) is 9.84 Å². The van der Waals surface area contributed by atoms with E-state index in [1.54, 1.807) is 0 Å². The zero-order valence-electron chi connectivity index (χ0n) is 10.5. The molecule has 1 rings (SSSR count). The predicted octanol–water partition coefficient (Wildman–Crippen LogP) is 2.74. The standard InChI is InChI=1S/C13H19BrO3S/c1-2-8-18(16,17)9-7-12(10-15)11-3-5-13(14)6-4-11/h3-6,12,15H,2,7-10H2,1H3. The Kier molecular flexibility index (Phi) is 6.32. The van der Waals surface area contributed by atoms with E-state index in [1.807, 2.05) is 31.2 Å². The van der Waals surface area contributed by atoms with Crippen molar-refractivity contribution in [2.45, 2.75) is 25.7 Å². The van der Waals surface area contributed by atoms with Gasteiger partial charge in [0.05, 0.1) is 5.75 Å². The molecule has 1 N–H and O–H groups in total. The van der Waals surface area contributed by atoms with E-state index in [2.05, 4.69) is 15.9 Å². The fraction of sp³-hybridized carbons (Fsp3) is 0.538. The molecule has 5 heteroatoms. The first-order valence-electron chi connectivity index (χ1n) is 6.05.